The summed E-state index contributed by atoms with van der Waals surface area (Å²) in [5.74, 6) is -1.27. The number of nitrogens with one attached hydrogen (secondary N) is 2. The van der Waals surface area contributed by atoms with E-state index < -0.39 is 42.0 Å². The molecule has 3 N–H and O–H groups in total. The number of carbonyl (C=O) groups is 1. The molecule has 130 valence electrons. The molecular formula is C15H15F3N2O4. The van der Waals surface area contributed by atoms with Crippen molar-refractivity contribution in [3.8, 4) is 0 Å². The average molecular weight is 344 g/mol. The van der Waals surface area contributed by atoms with Crippen molar-refractivity contribution in [1.29, 1.82) is 0 Å². The van der Waals surface area contributed by atoms with E-state index in [-0.39, 0.29) is 11.3 Å². The minimum Gasteiger partial charge on any atom is -0.463 e. The smallest absolute Gasteiger partial charge is 0.424 e. The largest absolute Gasteiger partial charge is 0.463 e. The zero-order valence-electron chi connectivity index (χ0n) is 12.6. The first-order chi connectivity index (χ1) is 11.1. The van der Waals surface area contributed by atoms with Crippen LogP contribution in [0.1, 0.15) is 28.3 Å². The molecule has 0 bridgehead atoms. The first-order valence-electron chi connectivity index (χ1n) is 6.97. The molecule has 0 saturated heterocycles. The molecule has 0 saturated carbocycles. The fourth-order valence-corrected chi connectivity index (χ4v) is 2.11. The van der Waals surface area contributed by atoms with Crippen LogP contribution in [0.25, 0.3) is 0 Å². The topological polar surface area (TPSA) is 95.3 Å². The Morgan fingerprint density at radius 3 is 2.58 bits per heavy atom. The summed E-state index contributed by atoms with van der Waals surface area (Å²) in [7, 11) is 0. The summed E-state index contributed by atoms with van der Waals surface area (Å²) in [5.41, 5.74) is -4.14. The predicted molar refractivity (Wildman–Crippen MR) is 77.4 cm³/mol. The van der Waals surface area contributed by atoms with Gasteiger partial charge in [-0.05, 0) is 31.2 Å². The fourth-order valence-electron chi connectivity index (χ4n) is 2.11. The summed E-state index contributed by atoms with van der Waals surface area (Å²) in [6.07, 6.45) is -4.53. The summed E-state index contributed by atoms with van der Waals surface area (Å²) < 4.78 is 44.6. The lowest BCUT2D eigenvalue weighted by Crippen LogP contribution is -2.45. The summed E-state index contributed by atoms with van der Waals surface area (Å²) in [6.45, 7) is 0.937. The van der Waals surface area contributed by atoms with Gasteiger partial charge in [-0.1, -0.05) is 0 Å². The van der Waals surface area contributed by atoms with Crippen LogP contribution in [0.15, 0.2) is 39.7 Å². The van der Waals surface area contributed by atoms with E-state index in [1.165, 1.54) is 31.3 Å². The molecule has 0 aromatic carbocycles. The maximum Gasteiger partial charge on any atom is 0.424 e. The van der Waals surface area contributed by atoms with Crippen molar-refractivity contribution >= 4 is 5.91 Å². The number of aryl methyl sites for hydroxylation is 1. The highest BCUT2D eigenvalue weighted by atomic mass is 19.4. The Kier molecular flexibility index (Phi) is 4.83. The minimum absolute atomic E-state index is 0.215. The number of amides is 1. The lowest BCUT2D eigenvalue weighted by Gasteiger charge is -2.28. The number of aliphatic hydroxyl groups is 1. The molecule has 0 fully saturated rings. The molecule has 0 spiro atoms. The maximum absolute atomic E-state index is 13.2. The zero-order valence-corrected chi connectivity index (χ0v) is 12.6. The molecule has 0 aliphatic heterocycles. The highest BCUT2D eigenvalue weighted by Crippen LogP contribution is 2.41. The van der Waals surface area contributed by atoms with Gasteiger partial charge in [0.1, 0.15) is 17.1 Å². The first kappa shape index (κ1) is 17.8. The van der Waals surface area contributed by atoms with Crippen LogP contribution in [0.2, 0.25) is 0 Å². The highest BCUT2D eigenvalue weighted by Gasteiger charge is 2.56. The molecule has 1 atom stereocenters. The Labute approximate surface area is 134 Å². The molecule has 24 heavy (non-hydrogen) atoms. The lowest BCUT2D eigenvalue weighted by molar-refractivity contribution is -0.274. The molecule has 0 radical (unpaired) electrons. The first-order valence-corrected chi connectivity index (χ1v) is 6.97. The van der Waals surface area contributed by atoms with Gasteiger partial charge in [0.15, 0.2) is 0 Å². The third-order valence-corrected chi connectivity index (χ3v) is 3.45. The number of carbonyl (C=O) groups excluding carboxylic acids is 1. The van der Waals surface area contributed by atoms with E-state index in [4.69, 9.17) is 4.42 Å². The zero-order chi connectivity index (χ0) is 18.0. The summed E-state index contributed by atoms with van der Waals surface area (Å²) in [6, 6.07) is 4.98. The van der Waals surface area contributed by atoms with Gasteiger partial charge in [-0.25, -0.2) is 0 Å². The number of hydrogen-bond acceptors (Lipinski definition) is 4. The lowest BCUT2D eigenvalue weighted by atomic mass is 9.95. The molecule has 9 heteroatoms. The van der Waals surface area contributed by atoms with Crippen LogP contribution in [0, 0.1) is 6.92 Å². The molecule has 2 aromatic heterocycles. The van der Waals surface area contributed by atoms with Crippen LogP contribution in [-0.4, -0.2) is 28.7 Å². The number of aromatic amines is 1. The second-order valence-corrected chi connectivity index (χ2v) is 5.19. The fraction of sp³-hybridized carbons (Fsp3) is 0.333. The molecule has 0 aliphatic rings. The van der Waals surface area contributed by atoms with Crippen LogP contribution < -0.4 is 10.9 Å². The number of pyridine rings is 1. The molecule has 2 heterocycles. The van der Waals surface area contributed by atoms with Gasteiger partial charge < -0.3 is 19.8 Å². The SMILES string of the molecule is Cc1ccc([C@](O)(CCNC(=O)c2ccc[nH]c2=O)C(F)(F)F)o1. The highest BCUT2D eigenvalue weighted by molar-refractivity contribution is 5.93. The van der Waals surface area contributed by atoms with Crippen LogP contribution >= 0.6 is 0 Å². The molecule has 0 aliphatic carbocycles. The van der Waals surface area contributed by atoms with Crippen LogP contribution in [-0.2, 0) is 5.60 Å². The number of rotatable bonds is 5. The van der Waals surface area contributed by atoms with Gasteiger partial charge in [0, 0.05) is 19.2 Å². The normalized spacial score (nSPS) is 14.2. The number of aromatic nitrogens is 1. The third kappa shape index (κ3) is 3.51. The monoisotopic (exact) mass is 344 g/mol. The number of hydrogen-bond donors (Lipinski definition) is 3. The van der Waals surface area contributed by atoms with Crippen molar-refractivity contribution in [3.05, 3.63) is 57.9 Å². The van der Waals surface area contributed by atoms with Crippen LogP contribution in [0.4, 0.5) is 13.2 Å². The van der Waals surface area contributed by atoms with Gasteiger partial charge in [-0.2, -0.15) is 13.2 Å². The Morgan fingerprint density at radius 1 is 1.33 bits per heavy atom. The Bertz CT molecular complexity index is 781. The maximum atomic E-state index is 13.2. The van der Waals surface area contributed by atoms with Gasteiger partial charge in [-0.3, -0.25) is 9.59 Å². The van der Waals surface area contributed by atoms with Gasteiger partial charge in [0.2, 0.25) is 5.60 Å². The Hall–Kier alpha value is -2.55. The summed E-state index contributed by atoms with van der Waals surface area (Å²) >= 11 is 0. The molecule has 6 nitrogen and oxygen atoms in total. The van der Waals surface area contributed by atoms with Crippen molar-refractivity contribution in [3.63, 3.8) is 0 Å². The molecule has 2 aromatic rings. The molecule has 1 amide bonds. The standard InChI is InChI=1S/C15H15F3N2O4/c1-9-4-5-11(24-9)14(23,15(16,17)18)6-8-20-13(22)10-3-2-7-19-12(10)21/h2-5,7,23H,6,8H2,1H3,(H,19,21)(H,20,22)/t14-/m1/s1. The molecular weight excluding hydrogens is 329 g/mol. The van der Waals surface area contributed by atoms with Crippen LogP contribution in [0.5, 0.6) is 0 Å². The number of H-pyrrole nitrogens is 1. The quantitative estimate of drug-likeness (QED) is 0.771. The van der Waals surface area contributed by atoms with E-state index >= 15 is 0 Å². The second kappa shape index (κ2) is 6.52. The summed E-state index contributed by atoms with van der Waals surface area (Å²) in [5, 5.41) is 12.2. The van der Waals surface area contributed by atoms with Crippen LogP contribution in [0.3, 0.4) is 0 Å². The van der Waals surface area contributed by atoms with Gasteiger partial charge in [0.05, 0.1) is 0 Å². The molecule has 2 rings (SSSR count). The third-order valence-electron chi connectivity index (χ3n) is 3.45. The van der Waals surface area contributed by atoms with Gasteiger partial charge in [-0.15, -0.1) is 0 Å². The van der Waals surface area contributed by atoms with Crippen molar-refractivity contribution in [2.24, 2.45) is 0 Å². The van der Waals surface area contributed by atoms with Crippen molar-refractivity contribution in [1.82, 2.24) is 10.3 Å². The predicted octanol–water partition coefficient (Wildman–Crippen LogP) is 1.85. The van der Waals surface area contributed by atoms with E-state index in [2.05, 4.69) is 10.3 Å². The number of furan rings is 1. The van der Waals surface area contributed by atoms with Crippen molar-refractivity contribution in [2.45, 2.75) is 25.1 Å². The number of halogens is 3. The summed E-state index contributed by atoms with van der Waals surface area (Å²) in [4.78, 5) is 25.5. The van der Waals surface area contributed by atoms with E-state index in [1.54, 1.807) is 0 Å². The second-order valence-electron chi connectivity index (χ2n) is 5.19. The number of alkyl halides is 3. The van der Waals surface area contributed by atoms with E-state index in [0.29, 0.717) is 0 Å². The van der Waals surface area contributed by atoms with E-state index in [9.17, 15) is 27.9 Å². The minimum atomic E-state index is -4.99. The van der Waals surface area contributed by atoms with Crippen molar-refractivity contribution in [2.75, 3.05) is 6.54 Å². The Balaban J connectivity index is 2.11. The van der Waals surface area contributed by atoms with Gasteiger partial charge in [0.25, 0.3) is 11.5 Å². The Morgan fingerprint density at radius 2 is 2.04 bits per heavy atom. The van der Waals surface area contributed by atoms with Gasteiger partial charge >= 0.3 is 6.18 Å². The van der Waals surface area contributed by atoms with E-state index in [1.807, 2.05) is 0 Å². The average Bonchev–Trinajstić information content (AvgIpc) is 2.93. The molecule has 0 unspecified atom stereocenters. The van der Waals surface area contributed by atoms with E-state index in [0.717, 1.165) is 6.07 Å². The van der Waals surface area contributed by atoms with Crippen molar-refractivity contribution < 1.29 is 27.5 Å².